The molecule has 0 radical (unpaired) electrons. The summed E-state index contributed by atoms with van der Waals surface area (Å²) in [6.07, 6.45) is -3.05. The monoisotopic (exact) mass is 494 g/mol. The molecule has 0 bridgehead atoms. The van der Waals surface area contributed by atoms with Crippen LogP contribution >= 0.6 is 0 Å². The van der Waals surface area contributed by atoms with Gasteiger partial charge in [-0.1, -0.05) is 23.4 Å². The van der Waals surface area contributed by atoms with Gasteiger partial charge in [-0.05, 0) is 55.7 Å². The first-order valence-corrected chi connectivity index (χ1v) is 11.3. The standard InChI is InChI=1S/C26H21F3N4O3/c1-14-23-19(24(35)30-17-9-10-22-16(12-17)6-5-11-33(22)15(2)34)13-21(31-25(23)36-32-14)18-7-3-4-8-20(18)26(27,28)29/h3-4,7-10,12-13H,5-6,11H2,1-2H3,(H,30,35). The van der Waals surface area contributed by atoms with Crippen LogP contribution in [0, 0.1) is 6.92 Å². The lowest BCUT2D eigenvalue weighted by Crippen LogP contribution is -2.33. The van der Waals surface area contributed by atoms with Crippen LogP contribution in [0.1, 0.15) is 40.5 Å². The predicted octanol–water partition coefficient (Wildman–Crippen LogP) is 5.77. The molecule has 0 aliphatic carbocycles. The first-order chi connectivity index (χ1) is 17.1. The first-order valence-electron chi connectivity index (χ1n) is 11.3. The van der Waals surface area contributed by atoms with Gasteiger partial charge in [-0.2, -0.15) is 13.2 Å². The third-order valence-electron chi connectivity index (χ3n) is 6.21. The number of aryl methyl sites for hydroxylation is 2. The molecule has 2 aromatic carbocycles. The molecule has 7 nitrogen and oxygen atoms in total. The van der Waals surface area contributed by atoms with E-state index in [0.29, 0.717) is 23.3 Å². The number of amides is 2. The third-order valence-corrected chi connectivity index (χ3v) is 6.21. The number of aromatic nitrogens is 2. The van der Waals surface area contributed by atoms with E-state index >= 15 is 0 Å². The smallest absolute Gasteiger partial charge is 0.335 e. The molecule has 0 saturated carbocycles. The van der Waals surface area contributed by atoms with E-state index in [9.17, 15) is 22.8 Å². The number of alkyl halides is 3. The van der Waals surface area contributed by atoms with E-state index in [1.807, 2.05) is 0 Å². The summed E-state index contributed by atoms with van der Waals surface area (Å²) in [7, 11) is 0. The zero-order valence-electron chi connectivity index (χ0n) is 19.4. The van der Waals surface area contributed by atoms with Crippen LogP contribution in [0.15, 0.2) is 53.1 Å². The molecule has 10 heteroatoms. The quantitative estimate of drug-likeness (QED) is 0.391. The number of hydrogen-bond acceptors (Lipinski definition) is 5. The molecule has 0 unspecified atom stereocenters. The summed E-state index contributed by atoms with van der Waals surface area (Å²) in [4.78, 5) is 31.3. The Bertz CT molecular complexity index is 1510. The average molecular weight is 494 g/mol. The number of nitrogens with zero attached hydrogens (tertiary/aromatic N) is 3. The molecule has 1 aliphatic rings. The van der Waals surface area contributed by atoms with Crippen LogP contribution in [-0.2, 0) is 17.4 Å². The fourth-order valence-corrected chi connectivity index (χ4v) is 4.57. The van der Waals surface area contributed by atoms with Gasteiger partial charge in [-0.25, -0.2) is 4.98 Å². The predicted molar refractivity (Wildman–Crippen MR) is 128 cm³/mol. The normalized spacial score (nSPS) is 13.5. The number of carbonyl (C=O) groups is 2. The summed E-state index contributed by atoms with van der Waals surface area (Å²) >= 11 is 0. The van der Waals surface area contributed by atoms with Crippen molar-refractivity contribution in [3.05, 3.63) is 70.9 Å². The average Bonchev–Trinajstić information content (AvgIpc) is 3.23. The summed E-state index contributed by atoms with van der Waals surface area (Å²) in [6.45, 7) is 3.77. The van der Waals surface area contributed by atoms with Gasteiger partial charge < -0.3 is 14.7 Å². The molecule has 3 heterocycles. The van der Waals surface area contributed by atoms with Crippen LogP contribution in [0.5, 0.6) is 0 Å². The van der Waals surface area contributed by atoms with Crippen LogP contribution in [0.3, 0.4) is 0 Å². The van der Waals surface area contributed by atoms with Crippen molar-refractivity contribution in [3.63, 3.8) is 0 Å². The molecule has 0 atom stereocenters. The number of carbonyl (C=O) groups excluding carboxylic acids is 2. The van der Waals surface area contributed by atoms with E-state index < -0.39 is 17.6 Å². The Labute approximate surface area is 203 Å². The van der Waals surface area contributed by atoms with Gasteiger partial charge in [0, 0.05) is 30.4 Å². The van der Waals surface area contributed by atoms with Gasteiger partial charge in [0.1, 0.15) is 0 Å². The molecule has 4 aromatic rings. The van der Waals surface area contributed by atoms with Crippen LogP contribution in [-0.4, -0.2) is 28.5 Å². The van der Waals surface area contributed by atoms with Crippen LogP contribution in [0.4, 0.5) is 24.5 Å². The van der Waals surface area contributed by atoms with Crippen LogP contribution < -0.4 is 10.2 Å². The molecule has 36 heavy (non-hydrogen) atoms. The summed E-state index contributed by atoms with van der Waals surface area (Å²) in [6, 6.07) is 11.6. The number of fused-ring (bicyclic) bond motifs is 2. The van der Waals surface area contributed by atoms with E-state index in [1.54, 1.807) is 30.0 Å². The van der Waals surface area contributed by atoms with Crippen LogP contribution in [0.25, 0.3) is 22.4 Å². The topological polar surface area (TPSA) is 88.3 Å². The molecule has 5 rings (SSSR count). The van der Waals surface area contributed by atoms with Gasteiger partial charge in [0.25, 0.3) is 11.6 Å². The largest absolute Gasteiger partial charge is 0.417 e. The van der Waals surface area contributed by atoms with E-state index in [0.717, 1.165) is 30.2 Å². The zero-order valence-corrected chi connectivity index (χ0v) is 19.4. The summed E-state index contributed by atoms with van der Waals surface area (Å²) in [5.74, 6) is -0.597. The highest BCUT2D eigenvalue weighted by atomic mass is 19.4. The highest BCUT2D eigenvalue weighted by Crippen LogP contribution is 2.38. The van der Waals surface area contributed by atoms with Crippen molar-refractivity contribution in [2.24, 2.45) is 0 Å². The number of halogens is 3. The Morgan fingerprint density at radius 2 is 1.89 bits per heavy atom. The van der Waals surface area contributed by atoms with Crippen molar-refractivity contribution in [2.45, 2.75) is 32.9 Å². The Hall–Kier alpha value is -4.21. The first kappa shape index (κ1) is 23.5. The Kier molecular flexibility index (Phi) is 5.74. The number of nitrogens with one attached hydrogen (secondary N) is 1. The summed E-state index contributed by atoms with van der Waals surface area (Å²) in [5, 5.41) is 7.00. The van der Waals surface area contributed by atoms with E-state index in [-0.39, 0.29) is 28.4 Å². The van der Waals surface area contributed by atoms with Crippen molar-refractivity contribution in [1.29, 1.82) is 0 Å². The van der Waals surface area contributed by atoms with Crippen molar-refractivity contribution < 1.29 is 27.3 Å². The van der Waals surface area contributed by atoms with Gasteiger partial charge in [0.15, 0.2) is 0 Å². The van der Waals surface area contributed by atoms with Gasteiger partial charge in [0.05, 0.1) is 27.9 Å². The zero-order chi connectivity index (χ0) is 25.6. The highest BCUT2D eigenvalue weighted by Gasteiger charge is 2.34. The highest BCUT2D eigenvalue weighted by molar-refractivity contribution is 6.13. The van der Waals surface area contributed by atoms with Crippen LogP contribution in [0.2, 0.25) is 0 Å². The van der Waals surface area contributed by atoms with E-state index in [2.05, 4.69) is 15.5 Å². The van der Waals surface area contributed by atoms with Crippen molar-refractivity contribution in [3.8, 4) is 11.3 Å². The van der Waals surface area contributed by atoms with Gasteiger partial charge in [-0.15, -0.1) is 0 Å². The molecule has 2 amide bonds. The van der Waals surface area contributed by atoms with Crippen molar-refractivity contribution >= 4 is 34.3 Å². The SMILES string of the molecule is CC(=O)N1CCCc2cc(NC(=O)c3cc(-c4ccccc4C(F)(F)F)nc4onc(C)c34)ccc21. The lowest BCUT2D eigenvalue weighted by atomic mass is 9.99. The van der Waals surface area contributed by atoms with Crippen molar-refractivity contribution in [1.82, 2.24) is 10.1 Å². The maximum absolute atomic E-state index is 13.6. The number of rotatable bonds is 3. The van der Waals surface area contributed by atoms with E-state index in [4.69, 9.17) is 4.52 Å². The third kappa shape index (κ3) is 4.19. The molecular weight excluding hydrogens is 473 g/mol. The second kappa shape index (κ2) is 8.78. The molecule has 1 N–H and O–H groups in total. The minimum absolute atomic E-state index is 0.0327. The number of benzene rings is 2. The Morgan fingerprint density at radius 1 is 1.11 bits per heavy atom. The summed E-state index contributed by atoms with van der Waals surface area (Å²) in [5.41, 5.74) is 1.58. The van der Waals surface area contributed by atoms with Gasteiger partial charge in [0.2, 0.25) is 5.91 Å². The van der Waals surface area contributed by atoms with Gasteiger partial charge >= 0.3 is 6.18 Å². The molecule has 1 aliphatic heterocycles. The minimum Gasteiger partial charge on any atom is -0.335 e. The lowest BCUT2D eigenvalue weighted by Gasteiger charge is -2.29. The van der Waals surface area contributed by atoms with Crippen molar-refractivity contribution in [2.75, 3.05) is 16.8 Å². The fourth-order valence-electron chi connectivity index (χ4n) is 4.57. The molecule has 184 valence electrons. The molecule has 0 spiro atoms. The van der Waals surface area contributed by atoms with Gasteiger partial charge in [-0.3, -0.25) is 9.59 Å². The fraction of sp³-hybridized carbons (Fsp3) is 0.231. The Balaban J connectivity index is 1.56. The van der Waals surface area contributed by atoms with E-state index in [1.165, 1.54) is 31.2 Å². The lowest BCUT2D eigenvalue weighted by molar-refractivity contribution is -0.137. The second-order valence-electron chi connectivity index (χ2n) is 8.62. The molecule has 0 saturated heterocycles. The molecule has 2 aromatic heterocycles. The number of hydrogen-bond donors (Lipinski definition) is 1. The molecular formula is C26H21F3N4O3. The molecule has 0 fully saturated rings. The number of pyridine rings is 1. The second-order valence-corrected chi connectivity index (χ2v) is 8.62. The maximum Gasteiger partial charge on any atom is 0.417 e. The summed E-state index contributed by atoms with van der Waals surface area (Å²) < 4.78 is 46.2. The minimum atomic E-state index is -4.61. The Morgan fingerprint density at radius 3 is 2.64 bits per heavy atom. The maximum atomic E-state index is 13.6. The number of anilines is 2.